The Morgan fingerprint density at radius 3 is 2.69 bits per heavy atom. The number of H-pyrrole nitrogens is 1. The fraction of sp³-hybridized carbons (Fsp3) is 0.429. The van der Waals surface area contributed by atoms with Crippen molar-refractivity contribution >= 4 is 22.8 Å². The Labute approximate surface area is 187 Å². The molecule has 3 N–H and O–H groups in total. The number of pyridine rings is 1. The maximum atomic E-state index is 14.8. The minimum atomic E-state index is -0.839. The Kier molecular flexibility index (Phi) is 5.87. The Morgan fingerprint density at radius 1 is 1.16 bits per heavy atom. The van der Waals surface area contributed by atoms with Gasteiger partial charge in [-0.3, -0.25) is 0 Å². The number of aromatic nitrogens is 3. The molecule has 9 nitrogen and oxygen atoms in total. The van der Waals surface area contributed by atoms with Crippen LogP contribution in [0.15, 0.2) is 24.3 Å². The van der Waals surface area contributed by atoms with Crippen LogP contribution in [0.4, 0.5) is 4.39 Å². The molecule has 2 fully saturated rings. The molecular weight excluding hydrogens is 445 g/mol. The number of hydrogen-bond donors (Lipinski definition) is 3. The third-order valence-corrected chi connectivity index (χ3v) is 5.69. The number of rotatable bonds is 6. The highest BCUT2D eigenvalue weighted by atomic mass is 35.5. The SMILES string of the molecule is OCC1OC[C@H](Oc2nc3nc(-c4ccc(OC5COC5)cc4F)c(Cl)cc3[nH]2)C[C@@H]1O. The van der Waals surface area contributed by atoms with Gasteiger partial charge in [-0.2, -0.15) is 4.98 Å². The van der Waals surface area contributed by atoms with E-state index in [0.29, 0.717) is 30.1 Å². The van der Waals surface area contributed by atoms with Gasteiger partial charge in [-0.05, 0) is 18.2 Å². The molecular formula is C21H21ClFN3O6. The van der Waals surface area contributed by atoms with Crippen molar-refractivity contribution in [3.8, 4) is 23.0 Å². The van der Waals surface area contributed by atoms with Gasteiger partial charge >= 0.3 is 0 Å². The molecule has 3 aromatic rings. The highest BCUT2D eigenvalue weighted by molar-refractivity contribution is 6.33. The molecule has 5 rings (SSSR count). The first kappa shape index (κ1) is 21.4. The second-order valence-electron chi connectivity index (χ2n) is 7.75. The zero-order chi connectivity index (χ0) is 22.2. The van der Waals surface area contributed by atoms with Gasteiger partial charge in [-0.1, -0.05) is 11.6 Å². The van der Waals surface area contributed by atoms with Gasteiger partial charge in [0.15, 0.2) is 5.65 Å². The van der Waals surface area contributed by atoms with Crippen molar-refractivity contribution in [2.45, 2.75) is 30.8 Å². The number of benzene rings is 1. The number of fused-ring (bicyclic) bond motifs is 1. The largest absolute Gasteiger partial charge is 0.485 e. The fourth-order valence-electron chi connectivity index (χ4n) is 3.62. The molecule has 2 saturated heterocycles. The summed E-state index contributed by atoms with van der Waals surface area (Å²) in [5, 5.41) is 19.4. The number of ether oxygens (including phenoxy) is 4. The topological polar surface area (TPSA) is 119 Å². The number of imidazole rings is 1. The summed E-state index contributed by atoms with van der Waals surface area (Å²) in [6, 6.07) is 6.29. The van der Waals surface area contributed by atoms with Crippen molar-refractivity contribution in [1.29, 1.82) is 0 Å². The van der Waals surface area contributed by atoms with Crippen LogP contribution < -0.4 is 9.47 Å². The van der Waals surface area contributed by atoms with Gasteiger partial charge in [0.1, 0.15) is 29.9 Å². The quantitative estimate of drug-likeness (QED) is 0.506. The maximum Gasteiger partial charge on any atom is 0.296 e. The van der Waals surface area contributed by atoms with E-state index in [9.17, 15) is 9.50 Å². The van der Waals surface area contributed by atoms with E-state index in [1.807, 2.05) is 0 Å². The summed E-state index contributed by atoms with van der Waals surface area (Å²) in [5.74, 6) is -0.109. The lowest BCUT2D eigenvalue weighted by Crippen LogP contribution is -2.45. The van der Waals surface area contributed by atoms with Gasteiger partial charge < -0.3 is 34.1 Å². The summed E-state index contributed by atoms with van der Waals surface area (Å²) < 4.78 is 36.6. The lowest BCUT2D eigenvalue weighted by molar-refractivity contribution is -0.131. The van der Waals surface area contributed by atoms with Crippen molar-refractivity contribution in [3.05, 3.63) is 35.1 Å². The molecule has 11 heteroatoms. The molecule has 2 aliphatic heterocycles. The molecule has 0 saturated carbocycles. The first-order valence-corrected chi connectivity index (χ1v) is 10.6. The number of nitrogens with zero attached hydrogens (tertiary/aromatic N) is 2. The third-order valence-electron chi connectivity index (χ3n) is 5.40. The Balaban J connectivity index is 1.36. The average Bonchev–Trinajstić information content (AvgIpc) is 3.11. The van der Waals surface area contributed by atoms with Crippen LogP contribution in [0.3, 0.4) is 0 Å². The van der Waals surface area contributed by atoms with Crippen LogP contribution in [0.25, 0.3) is 22.4 Å². The smallest absolute Gasteiger partial charge is 0.296 e. The predicted octanol–water partition coefficient (Wildman–Crippen LogP) is 2.08. The molecule has 0 amide bonds. The molecule has 1 aromatic carbocycles. The molecule has 2 aromatic heterocycles. The summed E-state index contributed by atoms with van der Waals surface area (Å²) in [5.41, 5.74) is 1.29. The Hall–Kier alpha value is -2.50. The molecule has 4 heterocycles. The number of aliphatic hydroxyl groups excluding tert-OH is 2. The normalized spacial score (nSPS) is 23.8. The maximum absolute atomic E-state index is 14.8. The molecule has 32 heavy (non-hydrogen) atoms. The summed E-state index contributed by atoms with van der Waals surface area (Å²) in [4.78, 5) is 11.7. The van der Waals surface area contributed by atoms with Crippen molar-refractivity contribution in [2.75, 3.05) is 26.4 Å². The zero-order valence-corrected chi connectivity index (χ0v) is 17.6. The lowest BCUT2D eigenvalue weighted by Gasteiger charge is -2.31. The van der Waals surface area contributed by atoms with E-state index < -0.39 is 24.1 Å². The van der Waals surface area contributed by atoms with Crippen molar-refractivity contribution < 1.29 is 33.6 Å². The third kappa shape index (κ3) is 4.24. The van der Waals surface area contributed by atoms with E-state index in [-0.39, 0.29) is 48.0 Å². The second-order valence-corrected chi connectivity index (χ2v) is 8.16. The molecule has 170 valence electrons. The molecule has 0 aliphatic carbocycles. The minimum Gasteiger partial charge on any atom is -0.485 e. The number of hydrogen-bond acceptors (Lipinski definition) is 8. The van der Waals surface area contributed by atoms with Crippen LogP contribution in [0.5, 0.6) is 11.8 Å². The highest BCUT2D eigenvalue weighted by Crippen LogP contribution is 2.33. The van der Waals surface area contributed by atoms with Crippen molar-refractivity contribution in [1.82, 2.24) is 15.0 Å². The van der Waals surface area contributed by atoms with Crippen LogP contribution in [0.2, 0.25) is 5.02 Å². The molecule has 2 aliphatic rings. The Bertz CT molecular complexity index is 1120. The van der Waals surface area contributed by atoms with Gasteiger partial charge in [0, 0.05) is 18.1 Å². The predicted molar refractivity (Wildman–Crippen MR) is 111 cm³/mol. The van der Waals surface area contributed by atoms with Crippen LogP contribution in [0, 0.1) is 5.82 Å². The van der Waals surface area contributed by atoms with Gasteiger partial charge in [-0.15, -0.1) is 0 Å². The van der Waals surface area contributed by atoms with Crippen molar-refractivity contribution in [3.63, 3.8) is 0 Å². The number of aliphatic hydroxyl groups is 2. The van der Waals surface area contributed by atoms with Gasteiger partial charge in [0.2, 0.25) is 0 Å². The second kappa shape index (κ2) is 8.80. The van der Waals surface area contributed by atoms with Gasteiger partial charge in [0.05, 0.1) is 48.8 Å². The van der Waals surface area contributed by atoms with E-state index in [1.54, 1.807) is 18.2 Å². The molecule has 0 bridgehead atoms. The summed E-state index contributed by atoms with van der Waals surface area (Å²) in [7, 11) is 0. The van der Waals surface area contributed by atoms with E-state index in [0.717, 1.165) is 0 Å². The average molecular weight is 466 g/mol. The molecule has 0 spiro atoms. The Morgan fingerprint density at radius 2 is 2.00 bits per heavy atom. The van der Waals surface area contributed by atoms with E-state index in [1.165, 1.54) is 6.07 Å². The van der Waals surface area contributed by atoms with Crippen LogP contribution in [-0.4, -0.2) is 76.0 Å². The number of nitrogens with one attached hydrogen (secondary N) is 1. The number of halogens is 2. The first-order chi connectivity index (χ1) is 15.5. The van der Waals surface area contributed by atoms with Crippen LogP contribution in [0.1, 0.15) is 6.42 Å². The minimum absolute atomic E-state index is 0.0639. The van der Waals surface area contributed by atoms with Crippen LogP contribution >= 0.6 is 11.6 Å². The van der Waals surface area contributed by atoms with Crippen molar-refractivity contribution in [2.24, 2.45) is 0 Å². The monoisotopic (exact) mass is 465 g/mol. The standard InChI is InChI=1S/C21H21ClFN3O6/c22-14-5-16-20(26-21(24-16)32-11-4-17(28)18(6-27)30-9-11)25-19(14)13-2-1-10(3-15(13)23)31-12-7-29-8-12/h1-3,5,11-12,17-18,27-28H,4,6-9H2,(H,24,25,26)/t11-,17+,18?/m1/s1. The van der Waals surface area contributed by atoms with E-state index in [2.05, 4.69) is 15.0 Å². The molecule has 0 radical (unpaired) electrons. The van der Waals surface area contributed by atoms with Gasteiger partial charge in [0.25, 0.3) is 6.01 Å². The van der Waals surface area contributed by atoms with E-state index >= 15 is 0 Å². The van der Waals surface area contributed by atoms with E-state index in [4.69, 9.17) is 35.7 Å². The first-order valence-electron chi connectivity index (χ1n) is 10.2. The number of aromatic amines is 1. The highest BCUT2D eigenvalue weighted by Gasteiger charge is 2.31. The van der Waals surface area contributed by atoms with Crippen LogP contribution in [-0.2, 0) is 9.47 Å². The molecule has 3 atom stereocenters. The summed E-state index contributed by atoms with van der Waals surface area (Å²) in [6.07, 6.45) is -1.69. The fourth-order valence-corrected chi connectivity index (χ4v) is 3.87. The van der Waals surface area contributed by atoms with Gasteiger partial charge in [-0.25, -0.2) is 9.37 Å². The zero-order valence-electron chi connectivity index (χ0n) is 16.8. The summed E-state index contributed by atoms with van der Waals surface area (Å²) in [6.45, 7) is 0.920. The lowest BCUT2D eigenvalue weighted by atomic mass is 10.0. The summed E-state index contributed by atoms with van der Waals surface area (Å²) >= 11 is 6.38. The molecule has 1 unspecified atom stereocenters.